The molecule has 0 aliphatic rings. The van der Waals surface area contributed by atoms with Crippen molar-refractivity contribution in [3.8, 4) is 6.07 Å². The van der Waals surface area contributed by atoms with Gasteiger partial charge in [-0.2, -0.15) is 5.26 Å². The van der Waals surface area contributed by atoms with E-state index >= 15 is 0 Å². The van der Waals surface area contributed by atoms with E-state index in [9.17, 15) is 9.59 Å². The molecular formula is C10H11N3O3. The molecule has 0 aliphatic heterocycles. The quantitative estimate of drug-likeness (QED) is 0.569. The van der Waals surface area contributed by atoms with E-state index in [1.807, 2.05) is 0 Å². The second kappa shape index (κ2) is 5.56. The Morgan fingerprint density at radius 1 is 1.62 bits per heavy atom. The van der Waals surface area contributed by atoms with Gasteiger partial charge < -0.3 is 14.6 Å². The molecule has 0 fully saturated rings. The maximum Gasteiger partial charge on any atom is 0.312 e. The molecule has 84 valence electrons. The number of rotatable bonds is 3. The molecule has 0 saturated carbocycles. The van der Waals surface area contributed by atoms with Gasteiger partial charge in [-0.25, -0.2) is 0 Å². The fraction of sp³-hybridized carbons (Fsp3) is 0.300. The lowest BCUT2D eigenvalue weighted by molar-refractivity contribution is -0.145. The average Bonchev–Trinajstić information content (AvgIpc) is 2.77. The van der Waals surface area contributed by atoms with Gasteiger partial charge in [0.1, 0.15) is 12.3 Å². The number of nitrogens with one attached hydrogen (secondary N) is 1. The number of likely N-dealkylation sites (N-methyl/N-ethyl adjacent to an activating group) is 1. The standard InChI is InChI=1S/C10H11N3O3/c1-13(7-8-3-2-6-16-8)10(15)9(14)12-5-4-11/h2-3,6H,5,7H2,1H3,(H,12,14). The number of furan rings is 1. The Kier molecular flexibility index (Phi) is 4.09. The van der Waals surface area contributed by atoms with E-state index in [1.165, 1.54) is 18.2 Å². The molecule has 6 nitrogen and oxygen atoms in total. The Morgan fingerprint density at radius 2 is 2.38 bits per heavy atom. The van der Waals surface area contributed by atoms with E-state index in [0.29, 0.717) is 5.76 Å². The number of hydrogen-bond donors (Lipinski definition) is 1. The normalized spacial score (nSPS) is 9.25. The molecule has 16 heavy (non-hydrogen) atoms. The second-order valence-corrected chi connectivity index (χ2v) is 3.08. The zero-order valence-electron chi connectivity index (χ0n) is 8.77. The predicted molar refractivity (Wildman–Crippen MR) is 53.8 cm³/mol. The first-order valence-electron chi connectivity index (χ1n) is 4.57. The van der Waals surface area contributed by atoms with Crippen LogP contribution in [-0.2, 0) is 16.1 Å². The third-order valence-electron chi connectivity index (χ3n) is 1.84. The predicted octanol–water partition coefficient (Wildman–Crippen LogP) is -0.122. The summed E-state index contributed by atoms with van der Waals surface area (Å²) in [5.74, 6) is -0.911. The Balaban J connectivity index is 2.48. The van der Waals surface area contributed by atoms with Gasteiger partial charge in [0.15, 0.2) is 0 Å². The first-order valence-corrected chi connectivity index (χ1v) is 4.57. The molecule has 0 atom stereocenters. The summed E-state index contributed by atoms with van der Waals surface area (Å²) in [7, 11) is 1.48. The molecule has 1 aromatic heterocycles. The van der Waals surface area contributed by atoms with E-state index in [-0.39, 0.29) is 13.1 Å². The monoisotopic (exact) mass is 221 g/mol. The van der Waals surface area contributed by atoms with Gasteiger partial charge in [0, 0.05) is 7.05 Å². The minimum atomic E-state index is -0.796. The van der Waals surface area contributed by atoms with Crippen molar-refractivity contribution in [3.63, 3.8) is 0 Å². The van der Waals surface area contributed by atoms with E-state index in [0.717, 1.165) is 0 Å². The molecule has 1 aromatic rings. The molecule has 2 amide bonds. The zero-order chi connectivity index (χ0) is 12.0. The van der Waals surface area contributed by atoms with Crippen LogP contribution in [0.4, 0.5) is 0 Å². The number of hydrogen-bond acceptors (Lipinski definition) is 4. The summed E-state index contributed by atoms with van der Waals surface area (Å²) in [5.41, 5.74) is 0. The van der Waals surface area contributed by atoms with E-state index in [1.54, 1.807) is 18.2 Å². The average molecular weight is 221 g/mol. The first kappa shape index (κ1) is 11.8. The van der Waals surface area contributed by atoms with Crippen LogP contribution in [0.15, 0.2) is 22.8 Å². The van der Waals surface area contributed by atoms with Crippen LogP contribution in [-0.4, -0.2) is 30.3 Å². The molecule has 0 spiro atoms. The van der Waals surface area contributed by atoms with Crippen molar-refractivity contribution in [2.45, 2.75) is 6.54 Å². The molecule has 1 N–H and O–H groups in total. The van der Waals surface area contributed by atoms with Gasteiger partial charge in [-0.1, -0.05) is 0 Å². The molecule has 1 rings (SSSR count). The highest BCUT2D eigenvalue weighted by molar-refractivity contribution is 6.34. The molecular weight excluding hydrogens is 210 g/mol. The summed E-state index contributed by atoms with van der Waals surface area (Å²) in [6.07, 6.45) is 1.49. The minimum absolute atomic E-state index is 0.181. The molecule has 0 bridgehead atoms. The Morgan fingerprint density at radius 3 is 2.94 bits per heavy atom. The molecule has 1 heterocycles. The Bertz CT molecular complexity index is 405. The van der Waals surface area contributed by atoms with Gasteiger partial charge in [-0.3, -0.25) is 9.59 Å². The van der Waals surface area contributed by atoms with Crippen molar-refractivity contribution in [2.24, 2.45) is 0 Å². The summed E-state index contributed by atoms with van der Waals surface area (Å²) in [6.45, 7) is 0.0327. The number of carbonyl (C=O) groups excluding carboxylic acids is 2. The van der Waals surface area contributed by atoms with Crippen LogP contribution in [0.5, 0.6) is 0 Å². The molecule has 0 saturated heterocycles. The SMILES string of the molecule is CN(Cc1ccco1)C(=O)C(=O)NCC#N. The largest absolute Gasteiger partial charge is 0.467 e. The van der Waals surface area contributed by atoms with Gasteiger partial charge in [-0.05, 0) is 12.1 Å². The number of amides is 2. The highest BCUT2D eigenvalue weighted by atomic mass is 16.3. The van der Waals surface area contributed by atoms with Crippen LogP contribution in [0.3, 0.4) is 0 Å². The maximum atomic E-state index is 11.4. The summed E-state index contributed by atoms with van der Waals surface area (Å²) in [6, 6.07) is 5.12. The van der Waals surface area contributed by atoms with E-state index < -0.39 is 11.8 Å². The molecule has 0 aliphatic carbocycles. The Hall–Kier alpha value is -2.29. The number of carbonyl (C=O) groups is 2. The molecule has 0 unspecified atom stereocenters. The zero-order valence-corrected chi connectivity index (χ0v) is 8.77. The van der Waals surface area contributed by atoms with Gasteiger partial charge in [0.25, 0.3) is 0 Å². The first-order chi connectivity index (χ1) is 7.65. The third kappa shape index (κ3) is 3.13. The fourth-order valence-corrected chi connectivity index (χ4v) is 1.08. The fourth-order valence-electron chi connectivity index (χ4n) is 1.08. The van der Waals surface area contributed by atoms with Crippen LogP contribution < -0.4 is 5.32 Å². The third-order valence-corrected chi connectivity index (χ3v) is 1.84. The van der Waals surface area contributed by atoms with Crippen molar-refractivity contribution in [1.82, 2.24) is 10.2 Å². The Labute approximate surface area is 92.4 Å². The van der Waals surface area contributed by atoms with Gasteiger partial charge in [0.05, 0.1) is 18.9 Å². The molecule has 0 radical (unpaired) electrons. The summed E-state index contributed by atoms with van der Waals surface area (Å²) in [5, 5.41) is 10.4. The van der Waals surface area contributed by atoms with Crippen LogP contribution in [0.25, 0.3) is 0 Å². The number of nitriles is 1. The highest BCUT2D eigenvalue weighted by Gasteiger charge is 2.18. The van der Waals surface area contributed by atoms with Crippen molar-refractivity contribution >= 4 is 11.8 Å². The highest BCUT2D eigenvalue weighted by Crippen LogP contribution is 2.03. The molecule has 0 aromatic carbocycles. The van der Waals surface area contributed by atoms with Crippen molar-refractivity contribution in [2.75, 3.05) is 13.6 Å². The van der Waals surface area contributed by atoms with Crippen LogP contribution >= 0.6 is 0 Å². The van der Waals surface area contributed by atoms with Gasteiger partial charge in [0.2, 0.25) is 0 Å². The lowest BCUT2D eigenvalue weighted by atomic mass is 10.4. The number of nitrogens with zero attached hydrogens (tertiary/aromatic N) is 2. The lowest BCUT2D eigenvalue weighted by Gasteiger charge is -2.14. The smallest absolute Gasteiger partial charge is 0.312 e. The van der Waals surface area contributed by atoms with Gasteiger partial charge in [-0.15, -0.1) is 0 Å². The minimum Gasteiger partial charge on any atom is -0.467 e. The molecule has 6 heteroatoms. The summed E-state index contributed by atoms with van der Waals surface area (Å²) < 4.78 is 5.04. The van der Waals surface area contributed by atoms with Crippen LogP contribution in [0, 0.1) is 11.3 Å². The van der Waals surface area contributed by atoms with Crippen LogP contribution in [0.1, 0.15) is 5.76 Å². The topological polar surface area (TPSA) is 86.3 Å². The van der Waals surface area contributed by atoms with Crippen LogP contribution in [0.2, 0.25) is 0 Å². The second-order valence-electron chi connectivity index (χ2n) is 3.08. The van der Waals surface area contributed by atoms with Crippen molar-refractivity contribution < 1.29 is 14.0 Å². The summed E-state index contributed by atoms with van der Waals surface area (Å²) in [4.78, 5) is 23.8. The van der Waals surface area contributed by atoms with Gasteiger partial charge >= 0.3 is 11.8 Å². The van der Waals surface area contributed by atoms with Crippen molar-refractivity contribution in [3.05, 3.63) is 24.2 Å². The summed E-state index contributed by atoms with van der Waals surface area (Å²) >= 11 is 0. The lowest BCUT2D eigenvalue weighted by Crippen LogP contribution is -2.40. The van der Waals surface area contributed by atoms with E-state index in [4.69, 9.17) is 9.68 Å². The van der Waals surface area contributed by atoms with E-state index in [2.05, 4.69) is 5.32 Å². The maximum absolute atomic E-state index is 11.4. The van der Waals surface area contributed by atoms with Crippen molar-refractivity contribution in [1.29, 1.82) is 5.26 Å².